The summed E-state index contributed by atoms with van der Waals surface area (Å²) in [5, 5.41) is 0. The topological polar surface area (TPSA) is 0 Å². The van der Waals surface area contributed by atoms with Gasteiger partial charge in [-0.2, -0.15) is 0 Å². The minimum absolute atomic E-state index is 0.433. The van der Waals surface area contributed by atoms with Gasteiger partial charge in [0.2, 0.25) is 0 Å². The van der Waals surface area contributed by atoms with Crippen molar-refractivity contribution < 1.29 is 14.2 Å². The summed E-state index contributed by atoms with van der Waals surface area (Å²) < 4.78 is 10.9. The molecule has 0 aliphatic heterocycles. The molecule has 0 N–H and O–H groups in total. The van der Waals surface area contributed by atoms with Crippen LogP contribution in [-0.2, 0) is 14.2 Å². The van der Waals surface area contributed by atoms with Crippen molar-refractivity contribution in [3.63, 3.8) is 0 Å². The van der Waals surface area contributed by atoms with Crippen molar-refractivity contribution >= 4 is 22.4 Å². The van der Waals surface area contributed by atoms with Gasteiger partial charge < -0.3 is 0 Å². The molecule has 2 aliphatic rings. The summed E-state index contributed by atoms with van der Waals surface area (Å²) >= 11 is -5.15. The molecule has 2 aliphatic carbocycles. The van der Waals surface area contributed by atoms with E-state index in [1.54, 1.807) is 25.6 Å². The second-order valence-electron chi connectivity index (χ2n) is 13.7. The first-order valence-electron chi connectivity index (χ1n) is 12.7. The Morgan fingerprint density at radius 3 is 1.42 bits per heavy atom. The summed E-state index contributed by atoms with van der Waals surface area (Å²) in [5.41, 5.74) is 9.19. The van der Waals surface area contributed by atoms with Crippen LogP contribution in [0.3, 0.4) is 0 Å². The Hall–Kier alpha value is -1.77. The first-order chi connectivity index (χ1) is 15.5. The number of rotatable bonds is 5. The second kappa shape index (κ2) is 6.46. The number of benzene rings is 3. The summed E-state index contributed by atoms with van der Waals surface area (Å²) in [6, 6.07) is 30.1. The molecule has 33 heavy (non-hydrogen) atoms. The van der Waals surface area contributed by atoms with E-state index in [0.717, 1.165) is 12.8 Å². The monoisotopic (exact) mass is 618 g/mol. The summed E-state index contributed by atoms with van der Waals surface area (Å²) in [6.07, 6.45) is 7.24. The normalized spacial score (nSPS) is 22.8. The molecule has 2 unspecified atom stereocenters. The molecular weight excluding hydrogens is 579 g/mol. The van der Waals surface area contributed by atoms with Crippen LogP contribution in [0.5, 0.6) is 0 Å². The van der Waals surface area contributed by atoms with E-state index in [1.807, 2.05) is 0 Å². The summed E-state index contributed by atoms with van der Waals surface area (Å²) in [4.78, 5) is 0. The zero-order valence-electron chi connectivity index (χ0n) is 20.9. The van der Waals surface area contributed by atoms with Gasteiger partial charge in [-0.25, -0.2) is 0 Å². The molecular formula is C31H38HfSi. The van der Waals surface area contributed by atoms with Gasteiger partial charge in [0, 0.05) is 0 Å². The SMILES string of the molecule is CCC1=Cc2ccccc2[CH]1[Hf]([CH3])([CH3])([CH3])(=[SiH2])([c]1ccccc1)[CH]1C(CC)=Cc2ccccc21. The molecule has 0 spiro atoms. The molecule has 170 valence electrons. The second-order valence-corrected chi connectivity index (χ2v) is 90.6. The summed E-state index contributed by atoms with van der Waals surface area (Å²) in [6.45, 7) is 7.18. The van der Waals surface area contributed by atoms with Crippen molar-refractivity contribution in [2.75, 3.05) is 0 Å². The Morgan fingerprint density at radius 2 is 1.00 bits per heavy atom. The average Bonchev–Trinajstić information content (AvgIpc) is 3.40. The molecule has 0 radical (unpaired) electrons. The maximum atomic E-state index is 2.80. The molecule has 2 atom stereocenters. The predicted octanol–water partition coefficient (Wildman–Crippen LogP) is 7.86. The standard InChI is InChI=1S/2C11H11.C6H5.3CH3.Hf.H2Si/c2*1-2-9-7-10-5-3-4-6-11(10)8-9;1-2-4-6-5-3-1;;;;;/h2*3-8H,2H2,1H3;1-5H;3*1H3;;1H2. The van der Waals surface area contributed by atoms with Gasteiger partial charge in [-0.1, -0.05) is 0 Å². The van der Waals surface area contributed by atoms with Crippen LogP contribution in [0.2, 0.25) is 14.0 Å². The van der Waals surface area contributed by atoms with Gasteiger partial charge in [-0.3, -0.25) is 0 Å². The fourth-order valence-corrected chi connectivity index (χ4v) is 55.7. The van der Waals surface area contributed by atoms with Crippen LogP contribution in [-0.4, -0.2) is 6.94 Å². The van der Waals surface area contributed by atoms with Crippen LogP contribution in [0.25, 0.3) is 12.2 Å². The molecule has 5 rings (SSSR count). The first-order valence-corrected chi connectivity index (χ1v) is 37.7. The van der Waals surface area contributed by atoms with Crippen molar-refractivity contribution in [2.24, 2.45) is 0 Å². The van der Waals surface area contributed by atoms with E-state index >= 15 is 0 Å². The van der Waals surface area contributed by atoms with E-state index in [9.17, 15) is 0 Å². The van der Waals surface area contributed by atoms with Crippen LogP contribution in [0, 0.1) is 0 Å². The molecule has 0 fully saturated rings. The van der Waals surface area contributed by atoms with Gasteiger partial charge in [-0.05, 0) is 0 Å². The summed E-state index contributed by atoms with van der Waals surface area (Å²) in [5.74, 6) is 0. The number of allylic oxidation sites excluding steroid dienone is 2. The predicted molar refractivity (Wildman–Crippen MR) is 147 cm³/mol. The van der Waals surface area contributed by atoms with E-state index in [0.29, 0.717) is 7.35 Å². The van der Waals surface area contributed by atoms with E-state index < -0.39 is 14.2 Å². The third-order valence-electron chi connectivity index (χ3n) is 9.79. The van der Waals surface area contributed by atoms with Crippen molar-refractivity contribution in [1.82, 2.24) is 0 Å². The number of hydrogen-bond donors (Lipinski definition) is 0. The fraction of sp³-hybridized carbons (Fsp3) is 0.290. The third-order valence-corrected chi connectivity index (χ3v) is 55.8. The molecule has 3 aromatic carbocycles. The zero-order chi connectivity index (χ0) is 23.6. The van der Waals surface area contributed by atoms with Crippen LogP contribution in [0.15, 0.2) is 90.0 Å². The van der Waals surface area contributed by atoms with E-state index in [-0.39, 0.29) is 0 Å². The van der Waals surface area contributed by atoms with Gasteiger partial charge in [0.05, 0.1) is 0 Å². The van der Waals surface area contributed by atoms with E-state index in [4.69, 9.17) is 0 Å². The van der Waals surface area contributed by atoms with Crippen molar-refractivity contribution in [2.45, 2.75) is 48.1 Å². The Labute approximate surface area is 195 Å². The van der Waals surface area contributed by atoms with Gasteiger partial charge in [-0.15, -0.1) is 0 Å². The van der Waals surface area contributed by atoms with Crippen LogP contribution < -0.4 is 3.32 Å². The van der Waals surface area contributed by atoms with Crippen LogP contribution in [0.1, 0.15) is 56.3 Å². The molecule has 0 heterocycles. The molecule has 0 saturated heterocycles. The van der Waals surface area contributed by atoms with E-state index in [1.165, 1.54) is 11.1 Å². The molecule has 0 saturated carbocycles. The zero-order valence-corrected chi connectivity index (χ0v) is 25.9. The molecule has 2 heteroatoms. The molecule has 0 nitrogen and oxygen atoms in total. The number of hydrogen-bond acceptors (Lipinski definition) is 0. The Morgan fingerprint density at radius 1 is 0.606 bits per heavy atom. The Bertz CT molecular complexity index is 1380. The fourth-order valence-electron chi connectivity index (χ4n) is 8.40. The van der Waals surface area contributed by atoms with Crippen LogP contribution >= 0.6 is 0 Å². The van der Waals surface area contributed by atoms with E-state index in [2.05, 4.69) is 126 Å². The molecule has 0 amide bonds. The van der Waals surface area contributed by atoms with Crippen LogP contribution in [0.4, 0.5) is 0 Å². The first kappa shape index (κ1) is 23.0. The Kier molecular flexibility index (Phi) is 4.50. The van der Waals surface area contributed by atoms with Gasteiger partial charge >= 0.3 is 197 Å². The Balaban J connectivity index is 2.01. The third kappa shape index (κ3) is 2.83. The average molecular weight is 617 g/mol. The molecule has 0 bridgehead atoms. The van der Waals surface area contributed by atoms with Crippen molar-refractivity contribution in [3.8, 4) is 0 Å². The number of fused-ring (bicyclic) bond motifs is 2. The summed E-state index contributed by atoms with van der Waals surface area (Å²) in [7, 11) is 0. The minimum atomic E-state index is -5.15. The quantitative estimate of drug-likeness (QED) is 0.256. The van der Waals surface area contributed by atoms with Gasteiger partial charge in [0.25, 0.3) is 0 Å². The maximum absolute atomic E-state index is 5.15. The van der Waals surface area contributed by atoms with Crippen molar-refractivity contribution in [3.05, 3.63) is 112 Å². The van der Waals surface area contributed by atoms with Gasteiger partial charge in [0.1, 0.15) is 0 Å². The molecule has 3 aromatic rings. The van der Waals surface area contributed by atoms with Gasteiger partial charge in [0.15, 0.2) is 0 Å². The molecule has 0 aromatic heterocycles. The van der Waals surface area contributed by atoms with Crippen molar-refractivity contribution in [1.29, 1.82) is 0 Å².